The van der Waals surface area contributed by atoms with E-state index in [2.05, 4.69) is 50.4 Å². The van der Waals surface area contributed by atoms with Crippen LogP contribution in [0.25, 0.3) is 0 Å². The molecule has 0 fully saturated rings. The lowest BCUT2D eigenvalue weighted by atomic mass is 9.83. The van der Waals surface area contributed by atoms with Crippen molar-refractivity contribution in [2.24, 2.45) is 0 Å². The van der Waals surface area contributed by atoms with Crippen LogP contribution in [-0.4, -0.2) is 23.2 Å². The van der Waals surface area contributed by atoms with Crippen LogP contribution in [0, 0.1) is 0 Å². The molecular formula is C16H25NO2. The third-order valence-corrected chi connectivity index (χ3v) is 3.65. The summed E-state index contributed by atoms with van der Waals surface area (Å²) in [5.41, 5.74) is 1.54. The highest BCUT2D eigenvalue weighted by Crippen LogP contribution is 2.23. The molecule has 3 heteroatoms. The van der Waals surface area contributed by atoms with Crippen molar-refractivity contribution >= 4 is 5.97 Å². The van der Waals surface area contributed by atoms with Gasteiger partial charge >= 0.3 is 5.97 Å². The standard InChI is InChI=1S/C16H25NO2/c1-6-12-7-9-13(10-8-12)15(2,3)11-17-16(4,5)14(18)19/h7-10,17H,6,11H2,1-5H3,(H,18,19). The van der Waals surface area contributed by atoms with Crippen molar-refractivity contribution in [1.82, 2.24) is 5.32 Å². The summed E-state index contributed by atoms with van der Waals surface area (Å²) in [5.74, 6) is -0.829. The number of rotatable bonds is 6. The van der Waals surface area contributed by atoms with Crippen LogP contribution in [0.4, 0.5) is 0 Å². The van der Waals surface area contributed by atoms with Crippen LogP contribution in [-0.2, 0) is 16.6 Å². The zero-order valence-corrected chi connectivity index (χ0v) is 12.6. The second kappa shape index (κ2) is 5.74. The van der Waals surface area contributed by atoms with Crippen molar-refractivity contribution in [2.75, 3.05) is 6.54 Å². The summed E-state index contributed by atoms with van der Waals surface area (Å²) < 4.78 is 0. The Morgan fingerprint density at radius 2 is 1.68 bits per heavy atom. The molecule has 1 rings (SSSR count). The normalized spacial score (nSPS) is 12.5. The molecule has 0 spiro atoms. The lowest BCUT2D eigenvalue weighted by molar-refractivity contribution is -0.143. The maximum absolute atomic E-state index is 11.1. The molecule has 0 aliphatic carbocycles. The zero-order valence-electron chi connectivity index (χ0n) is 12.6. The Balaban J connectivity index is 2.77. The van der Waals surface area contributed by atoms with Gasteiger partial charge < -0.3 is 10.4 Å². The van der Waals surface area contributed by atoms with Crippen LogP contribution in [0.5, 0.6) is 0 Å². The van der Waals surface area contributed by atoms with Crippen LogP contribution >= 0.6 is 0 Å². The highest BCUT2D eigenvalue weighted by molar-refractivity contribution is 5.77. The van der Waals surface area contributed by atoms with Gasteiger partial charge in [-0.25, -0.2) is 0 Å². The molecule has 0 unspecified atom stereocenters. The maximum Gasteiger partial charge on any atom is 0.323 e. The molecule has 0 saturated carbocycles. The molecule has 0 atom stereocenters. The molecule has 1 aromatic carbocycles. The van der Waals surface area contributed by atoms with E-state index in [1.54, 1.807) is 13.8 Å². The monoisotopic (exact) mass is 263 g/mol. The highest BCUT2D eigenvalue weighted by Gasteiger charge is 2.30. The van der Waals surface area contributed by atoms with Crippen LogP contribution in [0.1, 0.15) is 45.7 Å². The summed E-state index contributed by atoms with van der Waals surface area (Å²) >= 11 is 0. The van der Waals surface area contributed by atoms with Gasteiger partial charge in [-0.05, 0) is 31.4 Å². The van der Waals surface area contributed by atoms with E-state index in [9.17, 15) is 4.79 Å². The Morgan fingerprint density at radius 3 is 2.11 bits per heavy atom. The van der Waals surface area contributed by atoms with Crippen molar-refractivity contribution in [3.8, 4) is 0 Å². The lowest BCUT2D eigenvalue weighted by Crippen LogP contribution is -2.50. The molecule has 0 radical (unpaired) electrons. The number of benzene rings is 1. The van der Waals surface area contributed by atoms with Gasteiger partial charge in [-0.2, -0.15) is 0 Å². The minimum atomic E-state index is -0.902. The Labute approximate surface area is 116 Å². The smallest absolute Gasteiger partial charge is 0.323 e. The first-order valence-corrected chi connectivity index (χ1v) is 6.77. The van der Waals surface area contributed by atoms with Crippen LogP contribution in [0.2, 0.25) is 0 Å². The van der Waals surface area contributed by atoms with Gasteiger partial charge in [0, 0.05) is 12.0 Å². The predicted octanol–water partition coefficient (Wildman–Crippen LogP) is 2.98. The molecule has 3 nitrogen and oxygen atoms in total. The van der Waals surface area contributed by atoms with Crippen molar-refractivity contribution in [2.45, 2.75) is 52.0 Å². The number of aliphatic carboxylic acids is 1. The summed E-state index contributed by atoms with van der Waals surface area (Å²) in [6.07, 6.45) is 1.03. The average Bonchev–Trinajstić information content (AvgIpc) is 2.36. The van der Waals surface area contributed by atoms with E-state index in [-0.39, 0.29) is 5.41 Å². The fourth-order valence-corrected chi connectivity index (χ4v) is 1.81. The summed E-state index contributed by atoms with van der Waals surface area (Å²) in [4.78, 5) is 11.1. The molecule has 19 heavy (non-hydrogen) atoms. The van der Waals surface area contributed by atoms with Crippen molar-refractivity contribution < 1.29 is 9.90 Å². The van der Waals surface area contributed by atoms with E-state index in [4.69, 9.17) is 5.11 Å². The molecule has 0 aromatic heterocycles. The molecule has 0 aliphatic rings. The second-order valence-corrected chi connectivity index (χ2v) is 6.22. The van der Waals surface area contributed by atoms with Gasteiger partial charge in [-0.3, -0.25) is 4.79 Å². The fourth-order valence-electron chi connectivity index (χ4n) is 1.81. The first-order valence-electron chi connectivity index (χ1n) is 6.77. The topological polar surface area (TPSA) is 49.3 Å². The molecule has 1 aromatic rings. The van der Waals surface area contributed by atoms with E-state index in [1.165, 1.54) is 11.1 Å². The Kier molecular flexibility index (Phi) is 4.75. The molecule has 2 N–H and O–H groups in total. The Bertz CT molecular complexity index is 433. The number of hydrogen-bond donors (Lipinski definition) is 2. The fraction of sp³-hybridized carbons (Fsp3) is 0.562. The molecule has 0 bridgehead atoms. The summed E-state index contributed by atoms with van der Waals surface area (Å²) in [6, 6.07) is 8.54. The first kappa shape index (κ1) is 15.7. The van der Waals surface area contributed by atoms with E-state index >= 15 is 0 Å². The average molecular weight is 263 g/mol. The Hall–Kier alpha value is -1.35. The van der Waals surface area contributed by atoms with Gasteiger partial charge in [0.25, 0.3) is 0 Å². The molecule has 106 valence electrons. The SMILES string of the molecule is CCc1ccc(C(C)(C)CNC(C)(C)C(=O)O)cc1. The number of nitrogens with one attached hydrogen (secondary N) is 1. The Morgan fingerprint density at radius 1 is 1.16 bits per heavy atom. The van der Waals surface area contributed by atoms with E-state index < -0.39 is 11.5 Å². The van der Waals surface area contributed by atoms with Crippen molar-refractivity contribution in [1.29, 1.82) is 0 Å². The molecule has 0 saturated heterocycles. The highest BCUT2D eigenvalue weighted by atomic mass is 16.4. The van der Waals surface area contributed by atoms with Crippen molar-refractivity contribution in [3.63, 3.8) is 0 Å². The van der Waals surface area contributed by atoms with E-state index in [1.807, 2.05) is 0 Å². The van der Waals surface area contributed by atoms with Crippen LogP contribution in [0.3, 0.4) is 0 Å². The number of hydrogen-bond acceptors (Lipinski definition) is 2. The molecular weight excluding hydrogens is 238 g/mol. The zero-order chi connectivity index (χ0) is 14.7. The molecule has 0 heterocycles. The van der Waals surface area contributed by atoms with Gasteiger partial charge in [0.1, 0.15) is 5.54 Å². The minimum absolute atomic E-state index is 0.0982. The van der Waals surface area contributed by atoms with Gasteiger partial charge in [0.05, 0.1) is 0 Å². The van der Waals surface area contributed by atoms with Crippen LogP contribution < -0.4 is 5.32 Å². The summed E-state index contributed by atoms with van der Waals surface area (Å²) in [6.45, 7) is 10.4. The number of carbonyl (C=O) groups is 1. The van der Waals surface area contributed by atoms with Gasteiger partial charge in [-0.15, -0.1) is 0 Å². The number of carboxylic acid groups (broad SMARTS) is 1. The minimum Gasteiger partial charge on any atom is -0.480 e. The summed E-state index contributed by atoms with van der Waals surface area (Å²) in [7, 11) is 0. The number of carboxylic acids is 1. The quantitative estimate of drug-likeness (QED) is 0.829. The van der Waals surface area contributed by atoms with Gasteiger partial charge in [0.2, 0.25) is 0 Å². The van der Waals surface area contributed by atoms with Gasteiger partial charge in [-0.1, -0.05) is 45.0 Å². The van der Waals surface area contributed by atoms with E-state index in [0.717, 1.165) is 6.42 Å². The molecule has 0 aliphatic heterocycles. The predicted molar refractivity (Wildman–Crippen MR) is 78.6 cm³/mol. The summed E-state index contributed by atoms with van der Waals surface area (Å²) in [5, 5.41) is 12.2. The third-order valence-electron chi connectivity index (χ3n) is 3.65. The van der Waals surface area contributed by atoms with Crippen molar-refractivity contribution in [3.05, 3.63) is 35.4 Å². The second-order valence-electron chi connectivity index (χ2n) is 6.22. The first-order chi connectivity index (χ1) is 8.69. The largest absolute Gasteiger partial charge is 0.480 e. The number of aryl methyl sites for hydroxylation is 1. The lowest BCUT2D eigenvalue weighted by Gasteiger charge is -2.31. The third kappa shape index (κ3) is 4.06. The maximum atomic E-state index is 11.1. The van der Waals surface area contributed by atoms with Crippen LogP contribution in [0.15, 0.2) is 24.3 Å². The van der Waals surface area contributed by atoms with E-state index in [0.29, 0.717) is 6.54 Å². The molecule has 0 amide bonds. The van der Waals surface area contributed by atoms with Gasteiger partial charge in [0.15, 0.2) is 0 Å².